The fraction of sp³-hybridized carbons (Fsp3) is 0.174. The molecule has 1 amide bonds. The molecule has 0 fully saturated rings. The summed E-state index contributed by atoms with van der Waals surface area (Å²) in [6.45, 7) is 3.33. The van der Waals surface area contributed by atoms with Crippen molar-refractivity contribution in [3.63, 3.8) is 0 Å². The van der Waals surface area contributed by atoms with Crippen LogP contribution in [0.3, 0.4) is 0 Å². The summed E-state index contributed by atoms with van der Waals surface area (Å²) in [5.41, 5.74) is 2.63. The second kappa shape index (κ2) is 9.00. The van der Waals surface area contributed by atoms with Gasteiger partial charge in [-0.1, -0.05) is 42.5 Å². The minimum atomic E-state index is -3.95. The van der Waals surface area contributed by atoms with Gasteiger partial charge in [-0.25, -0.2) is 8.42 Å². The lowest BCUT2D eigenvalue weighted by atomic mass is 10.2. The molecule has 156 valence electrons. The Morgan fingerprint density at radius 3 is 2.30 bits per heavy atom. The van der Waals surface area contributed by atoms with Gasteiger partial charge in [0.25, 0.3) is 10.0 Å². The molecular weight excluding hydrogens is 400 g/mol. The van der Waals surface area contributed by atoms with E-state index in [1.807, 2.05) is 32.0 Å². The minimum Gasteiger partial charge on any atom is -0.495 e. The number of aryl methyl sites for hydroxylation is 2. The van der Waals surface area contributed by atoms with Gasteiger partial charge in [-0.3, -0.25) is 9.10 Å². The molecule has 0 aromatic heterocycles. The van der Waals surface area contributed by atoms with Crippen molar-refractivity contribution in [2.45, 2.75) is 18.7 Å². The molecule has 0 atom stereocenters. The number of carbonyl (C=O) groups is 1. The maximum Gasteiger partial charge on any atom is 0.264 e. The number of ether oxygens (including phenoxy) is 1. The van der Waals surface area contributed by atoms with Crippen molar-refractivity contribution in [1.82, 2.24) is 0 Å². The Bertz CT molecular complexity index is 1140. The minimum absolute atomic E-state index is 0.120. The molecular formula is C23H24N2O4S. The summed E-state index contributed by atoms with van der Waals surface area (Å²) in [5.74, 6) is 0.0315. The summed E-state index contributed by atoms with van der Waals surface area (Å²) < 4.78 is 33.2. The Labute approximate surface area is 177 Å². The normalized spacial score (nSPS) is 11.0. The Kier molecular flexibility index (Phi) is 6.42. The Morgan fingerprint density at radius 2 is 1.63 bits per heavy atom. The molecule has 0 saturated heterocycles. The molecule has 0 spiro atoms. The highest BCUT2D eigenvalue weighted by molar-refractivity contribution is 7.92. The molecule has 0 aliphatic rings. The van der Waals surface area contributed by atoms with Gasteiger partial charge in [-0.05, 0) is 55.3 Å². The van der Waals surface area contributed by atoms with Crippen molar-refractivity contribution >= 4 is 27.3 Å². The number of anilines is 2. The van der Waals surface area contributed by atoms with E-state index in [4.69, 9.17) is 4.74 Å². The van der Waals surface area contributed by atoms with Crippen molar-refractivity contribution in [2.75, 3.05) is 23.3 Å². The van der Waals surface area contributed by atoms with Gasteiger partial charge in [0.05, 0.1) is 23.4 Å². The number of nitrogens with zero attached hydrogens (tertiary/aromatic N) is 1. The Balaban J connectivity index is 1.97. The molecule has 7 heteroatoms. The molecule has 6 nitrogen and oxygen atoms in total. The largest absolute Gasteiger partial charge is 0.495 e. The fourth-order valence-corrected chi connectivity index (χ4v) is 4.61. The molecule has 0 heterocycles. The first-order valence-electron chi connectivity index (χ1n) is 9.41. The molecule has 0 bridgehead atoms. The third-order valence-corrected chi connectivity index (χ3v) is 6.41. The van der Waals surface area contributed by atoms with Gasteiger partial charge in [-0.15, -0.1) is 0 Å². The van der Waals surface area contributed by atoms with Gasteiger partial charge in [0.1, 0.15) is 12.3 Å². The van der Waals surface area contributed by atoms with E-state index in [1.165, 1.54) is 19.2 Å². The molecule has 0 unspecified atom stereocenters. The zero-order valence-corrected chi connectivity index (χ0v) is 17.9. The van der Waals surface area contributed by atoms with Gasteiger partial charge < -0.3 is 10.1 Å². The van der Waals surface area contributed by atoms with E-state index in [2.05, 4.69) is 5.32 Å². The highest BCUT2D eigenvalue weighted by Gasteiger charge is 2.28. The summed E-state index contributed by atoms with van der Waals surface area (Å²) in [6, 6.07) is 20.6. The molecule has 0 aliphatic heterocycles. The monoisotopic (exact) mass is 424 g/mol. The zero-order chi connectivity index (χ0) is 21.7. The Morgan fingerprint density at radius 1 is 0.967 bits per heavy atom. The van der Waals surface area contributed by atoms with Crippen LogP contribution in [0.25, 0.3) is 0 Å². The average molecular weight is 425 g/mol. The SMILES string of the molecule is COc1ccc(C)cc1NC(=O)CN(c1ccccc1C)S(=O)(=O)c1ccccc1. The summed E-state index contributed by atoms with van der Waals surface area (Å²) in [4.78, 5) is 13.0. The molecule has 1 N–H and O–H groups in total. The predicted molar refractivity (Wildman–Crippen MR) is 119 cm³/mol. The molecule has 0 aliphatic carbocycles. The van der Waals surface area contributed by atoms with Gasteiger partial charge in [-0.2, -0.15) is 0 Å². The van der Waals surface area contributed by atoms with Crippen LogP contribution in [0.2, 0.25) is 0 Å². The maximum absolute atomic E-state index is 13.4. The van der Waals surface area contributed by atoms with E-state index >= 15 is 0 Å². The van der Waals surface area contributed by atoms with Crippen molar-refractivity contribution in [3.05, 3.63) is 83.9 Å². The number of sulfonamides is 1. The first-order chi connectivity index (χ1) is 14.3. The van der Waals surface area contributed by atoms with E-state index < -0.39 is 15.9 Å². The van der Waals surface area contributed by atoms with E-state index in [1.54, 1.807) is 42.5 Å². The van der Waals surface area contributed by atoms with Crippen molar-refractivity contribution < 1.29 is 17.9 Å². The lowest BCUT2D eigenvalue weighted by Crippen LogP contribution is -2.38. The van der Waals surface area contributed by atoms with Crippen LogP contribution < -0.4 is 14.4 Å². The molecule has 30 heavy (non-hydrogen) atoms. The third kappa shape index (κ3) is 4.63. The van der Waals surface area contributed by atoms with Crippen LogP contribution >= 0.6 is 0 Å². The summed E-state index contributed by atoms with van der Waals surface area (Å²) in [7, 11) is -2.43. The molecule has 0 radical (unpaired) electrons. The number of methoxy groups -OCH3 is 1. The van der Waals surface area contributed by atoms with Crippen LogP contribution in [0, 0.1) is 13.8 Å². The lowest BCUT2D eigenvalue weighted by Gasteiger charge is -2.25. The standard InChI is InChI=1S/C23H24N2O4S/c1-17-13-14-22(29-3)20(15-17)24-23(26)16-25(21-12-8-7-9-18(21)2)30(27,28)19-10-5-4-6-11-19/h4-15H,16H2,1-3H3,(H,24,26). The van der Waals surface area contributed by atoms with Gasteiger partial charge in [0.15, 0.2) is 0 Å². The first-order valence-corrected chi connectivity index (χ1v) is 10.8. The molecule has 3 rings (SSSR count). The van der Waals surface area contributed by atoms with Crippen LogP contribution in [0.1, 0.15) is 11.1 Å². The summed E-state index contributed by atoms with van der Waals surface area (Å²) in [5, 5.41) is 2.78. The first kappa shape index (κ1) is 21.4. The third-order valence-electron chi connectivity index (χ3n) is 4.63. The zero-order valence-electron chi connectivity index (χ0n) is 17.1. The van der Waals surface area contributed by atoms with E-state index in [0.717, 1.165) is 15.4 Å². The average Bonchev–Trinajstić information content (AvgIpc) is 2.73. The van der Waals surface area contributed by atoms with Crippen molar-refractivity contribution in [1.29, 1.82) is 0 Å². The second-order valence-corrected chi connectivity index (χ2v) is 8.73. The number of hydrogen-bond acceptors (Lipinski definition) is 4. The topological polar surface area (TPSA) is 75.7 Å². The maximum atomic E-state index is 13.4. The van der Waals surface area contributed by atoms with Crippen molar-refractivity contribution in [3.8, 4) is 5.75 Å². The number of benzene rings is 3. The van der Waals surface area contributed by atoms with E-state index in [0.29, 0.717) is 17.1 Å². The number of amides is 1. The fourth-order valence-electron chi connectivity index (χ4n) is 3.10. The van der Waals surface area contributed by atoms with Gasteiger partial charge >= 0.3 is 0 Å². The molecule has 3 aromatic rings. The van der Waals surface area contributed by atoms with Crippen molar-refractivity contribution in [2.24, 2.45) is 0 Å². The number of hydrogen-bond donors (Lipinski definition) is 1. The number of rotatable bonds is 7. The van der Waals surface area contributed by atoms with E-state index in [9.17, 15) is 13.2 Å². The Hall–Kier alpha value is -3.32. The highest BCUT2D eigenvalue weighted by atomic mass is 32.2. The predicted octanol–water partition coefficient (Wildman–Crippen LogP) is 4.15. The van der Waals surface area contributed by atoms with Crippen LogP contribution in [-0.4, -0.2) is 28.0 Å². The molecule has 3 aromatic carbocycles. The quantitative estimate of drug-likeness (QED) is 0.618. The van der Waals surface area contributed by atoms with Crippen LogP contribution in [0.15, 0.2) is 77.7 Å². The smallest absolute Gasteiger partial charge is 0.264 e. The number of nitrogens with one attached hydrogen (secondary N) is 1. The second-order valence-electron chi connectivity index (χ2n) is 6.86. The number of para-hydroxylation sites is 1. The number of carbonyl (C=O) groups excluding carboxylic acids is 1. The van der Waals surface area contributed by atoms with Crippen LogP contribution in [0.4, 0.5) is 11.4 Å². The molecule has 0 saturated carbocycles. The summed E-state index contributed by atoms with van der Waals surface area (Å²) >= 11 is 0. The van der Waals surface area contributed by atoms with Gasteiger partial charge in [0, 0.05) is 0 Å². The van der Waals surface area contributed by atoms with Crippen LogP contribution in [-0.2, 0) is 14.8 Å². The van der Waals surface area contributed by atoms with Gasteiger partial charge in [0.2, 0.25) is 5.91 Å². The van der Waals surface area contributed by atoms with E-state index in [-0.39, 0.29) is 11.4 Å². The lowest BCUT2D eigenvalue weighted by molar-refractivity contribution is -0.114. The van der Waals surface area contributed by atoms with Crippen LogP contribution in [0.5, 0.6) is 5.75 Å². The summed E-state index contributed by atoms with van der Waals surface area (Å²) in [6.07, 6.45) is 0. The highest BCUT2D eigenvalue weighted by Crippen LogP contribution is 2.28.